The van der Waals surface area contributed by atoms with Crippen molar-refractivity contribution in [3.63, 3.8) is 0 Å². The number of hydrogen-bond acceptors (Lipinski definition) is 16. The lowest BCUT2D eigenvalue weighted by Crippen LogP contribution is -2.64. The minimum absolute atomic E-state index is 0.793. The first-order valence-corrected chi connectivity index (χ1v) is 10.4. The Hall–Kier alpha value is -1.09. The smallest absolute Gasteiger partial charge is 0.337 e. The van der Waals surface area contributed by atoms with Crippen molar-refractivity contribution in [2.24, 2.45) is 0 Å². The van der Waals surface area contributed by atoms with Crippen LogP contribution in [0, 0.1) is 0 Å². The molecule has 34 heavy (non-hydrogen) atoms. The maximum absolute atomic E-state index is 12.0. The number of hydrogen-bond donors (Lipinski definition) is 11. The van der Waals surface area contributed by atoms with Gasteiger partial charge in [0.1, 0.15) is 67.6 Å². The second-order valence-electron chi connectivity index (χ2n) is 8.14. The Morgan fingerprint density at radius 2 is 1.44 bits per heavy atom. The average Bonchev–Trinajstić information content (AvgIpc) is 2.81. The van der Waals surface area contributed by atoms with Crippen molar-refractivity contribution in [2.75, 3.05) is 13.2 Å². The van der Waals surface area contributed by atoms with Gasteiger partial charge in [-0.25, -0.2) is 4.79 Å². The van der Waals surface area contributed by atoms with E-state index in [-0.39, 0.29) is 0 Å². The van der Waals surface area contributed by atoms with Gasteiger partial charge in [0.15, 0.2) is 18.7 Å². The zero-order valence-electron chi connectivity index (χ0n) is 18.0. The van der Waals surface area contributed by atoms with Crippen LogP contribution < -0.4 is 0 Å². The van der Waals surface area contributed by atoms with Gasteiger partial charge in [-0.3, -0.25) is 0 Å². The number of esters is 1. The monoisotopic (exact) mass is 504 g/mol. The van der Waals surface area contributed by atoms with Gasteiger partial charge in [0, 0.05) is 0 Å². The summed E-state index contributed by atoms with van der Waals surface area (Å²) in [5.74, 6) is -1.48. The van der Waals surface area contributed by atoms with E-state index in [9.17, 15) is 61.0 Å². The van der Waals surface area contributed by atoms with Gasteiger partial charge in [-0.2, -0.15) is 0 Å². The molecule has 14 atom stereocenters. The molecule has 0 unspecified atom stereocenters. The molecule has 200 valence electrons. The van der Waals surface area contributed by atoms with Crippen molar-refractivity contribution in [1.82, 2.24) is 0 Å². The summed E-state index contributed by atoms with van der Waals surface area (Å²) in [6, 6.07) is 0. The Balaban J connectivity index is 2.05. The molecule has 2 heterocycles. The molecule has 0 aromatic carbocycles. The standard InChI is InChI=1S/C18H32O16/c1-4(20)7(21)9(23)12(26)16(29)31-3-6-8(22)10(24)14(28)18(33-6)34-15-5(2-19)32-17(30)13(27)11(15)25/h4-15,17-28,30H,2-3H2,1H3/t4-,5-,6-,7-,8+,9+,10+,11-,12-,13-,14-,15-,17+,18+/m1/s1. The Bertz CT molecular complexity index is 647. The minimum atomic E-state index is -2.29. The SMILES string of the molecule is C[C@@H](O)[C@@H](O)[C@H](O)[C@@H](O)C(=O)OC[C@H]1O[C@@H](O[C@H]2[C@H](O)[C@@H](O)[C@@H](O)O[C@@H]2CO)[C@H](O)[C@@H](O)[C@H]1O. The third kappa shape index (κ3) is 6.37. The van der Waals surface area contributed by atoms with Crippen LogP contribution in [-0.4, -0.2) is 161 Å². The molecule has 0 aromatic heterocycles. The van der Waals surface area contributed by atoms with Gasteiger partial charge in [0.2, 0.25) is 0 Å². The van der Waals surface area contributed by atoms with E-state index in [1.165, 1.54) is 0 Å². The molecule has 2 aliphatic heterocycles. The first kappa shape index (κ1) is 29.1. The lowest BCUT2D eigenvalue weighted by atomic mass is 9.97. The maximum atomic E-state index is 12.0. The van der Waals surface area contributed by atoms with Gasteiger partial charge in [-0.1, -0.05) is 0 Å². The Morgan fingerprint density at radius 1 is 0.824 bits per heavy atom. The maximum Gasteiger partial charge on any atom is 0.337 e. The molecule has 16 heteroatoms. The summed E-state index contributed by atoms with van der Waals surface area (Å²) in [6.07, 6.45) is -25.4. The van der Waals surface area contributed by atoms with Crippen LogP contribution >= 0.6 is 0 Å². The van der Waals surface area contributed by atoms with Crippen LogP contribution in [0.1, 0.15) is 6.92 Å². The Labute approximate surface area is 192 Å². The summed E-state index contributed by atoms with van der Waals surface area (Å²) in [5.41, 5.74) is 0. The van der Waals surface area contributed by atoms with Gasteiger partial charge < -0.3 is 75.1 Å². The van der Waals surface area contributed by atoms with Gasteiger partial charge in [0.05, 0.1) is 12.7 Å². The van der Waals surface area contributed by atoms with E-state index in [0.29, 0.717) is 0 Å². The van der Waals surface area contributed by atoms with Crippen LogP contribution in [0.4, 0.5) is 0 Å². The molecule has 0 spiro atoms. The molecule has 2 rings (SSSR count). The third-order valence-electron chi connectivity index (χ3n) is 5.60. The fourth-order valence-electron chi connectivity index (χ4n) is 3.42. The van der Waals surface area contributed by atoms with Crippen molar-refractivity contribution >= 4 is 5.97 Å². The summed E-state index contributed by atoms with van der Waals surface area (Å²) in [4.78, 5) is 12.0. The molecule has 2 saturated heterocycles. The van der Waals surface area contributed by atoms with Crippen molar-refractivity contribution in [3.8, 4) is 0 Å². The predicted molar refractivity (Wildman–Crippen MR) is 102 cm³/mol. The van der Waals surface area contributed by atoms with Crippen LogP contribution in [-0.2, 0) is 23.7 Å². The fraction of sp³-hybridized carbons (Fsp3) is 0.944. The summed E-state index contributed by atoms with van der Waals surface area (Å²) in [5, 5.41) is 108. The lowest BCUT2D eigenvalue weighted by Gasteiger charge is -2.45. The second-order valence-corrected chi connectivity index (χ2v) is 8.14. The predicted octanol–water partition coefficient (Wildman–Crippen LogP) is -7.38. The summed E-state index contributed by atoms with van der Waals surface area (Å²) in [6.45, 7) is -0.550. The lowest BCUT2D eigenvalue weighted by molar-refractivity contribution is -0.355. The quantitative estimate of drug-likeness (QED) is 0.130. The zero-order chi connectivity index (χ0) is 25.9. The van der Waals surface area contributed by atoms with Crippen molar-refractivity contribution < 1.29 is 79.9 Å². The number of rotatable bonds is 9. The van der Waals surface area contributed by atoms with Gasteiger partial charge >= 0.3 is 5.97 Å². The fourth-order valence-corrected chi connectivity index (χ4v) is 3.42. The molecule has 16 nitrogen and oxygen atoms in total. The van der Waals surface area contributed by atoms with E-state index in [2.05, 4.69) is 0 Å². The van der Waals surface area contributed by atoms with E-state index in [4.69, 9.17) is 18.9 Å². The summed E-state index contributed by atoms with van der Waals surface area (Å²) in [7, 11) is 0. The Kier molecular flexibility index (Phi) is 10.5. The molecule has 0 aliphatic carbocycles. The minimum Gasteiger partial charge on any atom is -0.461 e. The molecular formula is C18H32O16. The average molecular weight is 504 g/mol. The van der Waals surface area contributed by atoms with E-state index in [1.807, 2.05) is 0 Å². The summed E-state index contributed by atoms with van der Waals surface area (Å²) < 4.78 is 20.2. The number of ether oxygens (including phenoxy) is 4. The highest BCUT2D eigenvalue weighted by molar-refractivity contribution is 5.75. The van der Waals surface area contributed by atoms with Gasteiger partial charge in [-0.05, 0) is 6.92 Å². The van der Waals surface area contributed by atoms with Crippen LogP contribution in [0.5, 0.6) is 0 Å². The number of aliphatic hydroxyl groups is 11. The van der Waals surface area contributed by atoms with E-state index < -0.39 is 105 Å². The van der Waals surface area contributed by atoms with E-state index >= 15 is 0 Å². The molecule has 2 fully saturated rings. The first-order chi connectivity index (χ1) is 15.8. The van der Waals surface area contributed by atoms with Gasteiger partial charge in [-0.15, -0.1) is 0 Å². The molecule has 0 saturated carbocycles. The highest BCUT2D eigenvalue weighted by Gasteiger charge is 2.50. The normalized spacial score (nSPS) is 42.5. The zero-order valence-corrected chi connectivity index (χ0v) is 18.0. The number of aliphatic hydroxyl groups excluding tert-OH is 11. The van der Waals surface area contributed by atoms with Crippen LogP contribution in [0.3, 0.4) is 0 Å². The van der Waals surface area contributed by atoms with Crippen LogP contribution in [0.25, 0.3) is 0 Å². The second kappa shape index (κ2) is 12.2. The molecule has 0 amide bonds. The third-order valence-corrected chi connectivity index (χ3v) is 5.60. The molecule has 0 aromatic rings. The van der Waals surface area contributed by atoms with E-state index in [0.717, 1.165) is 6.92 Å². The summed E-state index contributed by atoms with van der Waals surface area (Å²) >= 11 is 0. The molecule has 2 aliphatic rings. The first-order valence-electron chi connectivity index (χ1n) is 10.4. The largest absolute Gasteiger partial charge is 0.461 e. The van der Waals surface area contributed by atoms with Crippen molar-refractivity contribution in [1.29, 1.82) is 0 Å². The number of carbonyl (C=O) groups excluding carboxylic acids is 1. The highest BCUT2D eigenvalue weighted by atomic mass is 16.7. The molecule has 0 bridgehead atoms. The molecule has 11 N–H and O–H groups in total. The molecular weight excluding hydrogens is 472 g/mol. The highest BCUT2D eigenvalue weighted by Crippen LogP contribution is 2.28. The molecule has 0 radical (unpaired) electrons. The Morgan fingerprint density at radius 3 is 2.00 bits per heavy atom. The van der Waals surface area contributed by atoms with Crippen molar-refractivity contribution in [3.05, 3.63) is 0 Å². The van der Waals surface area contributed by atoms with Gasteiger partial charge in [0.25, 0.3) is 0 Å². The topological polar surface area (TPSA) is 277 Å². The van der Waals surface area contributed by atoms with Crippen LogP contribution in [0.2, 0.25) is 0 Å². The van der Waals surface area contributed by atoms with E-state index in [1.54, 1.807) is 0 Å². The van der Waals surface area contributed by atoms with Crippen molar-refractivity contribution in [2.45, 2.75) is 92.8 Å². The van der Waals surface area contributed by atoms with Crippen LogP contribution in [0.15, 0.2) is 0 Å². The number of carbonyl (C=O) groups is 1.